The summed E-state index contributed by atoms with van der Waals surface area (Å²) in [5.74, 6) is -1.57. The molecule has 39 heavy (non-hydrogen) atoms. The fourth-order valence-corrected chi connectivity index (χ4v) is 4.42. The predicted octanol–water partition coefficient (Wildman–Crippen LogP) is 4.63. The first kappa shape index (κ1) is 25.8. The van der Waals surface area contributed by atoms with E-state index in [2.05, 4.69) is 25.6 Å². The summed E-state index contributed by atoms with van der Waals surface area (Å²) in [5.41, 5.74) is 2.63. The van der Waals surface area contributed by atoms with Gasteiger partial charge in [-0.1, -0.05) is 49.7 Å². The second kappa shape index (κ2) is 10.5. The fraction of sp³-hybridized carbons (Fsp3) is 0.185. The molecule has 0 bridgehead atoms. The Morgan fingerprint density at radius 3 is 2.49 bits per heavy atom. The van der Waals surface area contributed by atoms with E-state index in [0.717, 1.165) is 32.9 Å². The number of tetrazole rings is 1. The van der Waals surface area contributed by atoms with Crippen LogP contribution in [0.5, 0.6) is 0 Å². The third-order valence-corrected chi connectivity index (χ3v) is 6.25. The highest BCUT2D eigenvalue weighted by Gasteiger charge is 2.40. The first-order valence-corrected chi connectivity index (χ1v) is 12.1. The van der Waals surface area contributed by atoms with Crippen molar-refractivity contribution in [1.82, 2.24) is 34.7 Å². The number of carbonyl (C=O) groups excluding carboxylic acids is 1. The molecule has 0 atom stereocenters. The van der Waals surface area contributed by atoms with Crippen LogP contribution < -0.4 is 5.69 Å². The predicted molar refractivity (Wildman–Crippen MR) is 136 cm³/mol. The highest BCUT2D eigenvalue weighted by Crippen LogP contribution is 2.29. The number of aromatic nitrogens is 7. The Morgan fingerprint density at radius 2 is 1.79 bits per heavy atom. The van der Waals surface area contributed by atoms with Gasteiger partial charge in [-0.25, -0.2) is 4.79 Å². The Morgan fingerprint density at radius 1 is 1.03 bits per heavy atom. The lowest BCUT2D eigenvalue weighted by atomic mass is 10.0. The number of H-pyrrole nitrogens is 1. The summed E-state index contributed by atoms with van der Waals surface area (Å²) in [7, 11) is 0. The maximum Gasteiger partial charge on any atom is 0.454 e. The van der Waals surface area contributed by atoms with Crippen LogP contribution in [0.15, 0.2) is 78.0 Å². The number of aryl methyl sites for hydroxylation is 1. The van der Waals surface area contributed by atoms with E-state index in [4.69, 9.17) is 0 Å². The van der Waals surface area contributed by atoms with E-state index in [-0.39, 0.29) is 12.2 Å². The molecule has 5 aromatic rings. The van der Waals surface area contributed by atoms with Crippen molar-refractivity contribution >= 4 is 5.78 Å². The number of imidazole rings is 1. The summed E-state index contributed by atoms with van der Waals surface area (Å²) in [6.07, 6.45) is 1.02. The molecule has 3 heterocycles. The lowest BCUT2D eigenvalue weighted by Gasteiger charge is -2.11. The molecule has 0 unspecified atom stereocenters. The molecule has 0 saturated heterocycles. The van der Waals surface area contributed by atoms with Gasteiger partial charge in [0.1, 0.15) is 0 Å². The van der Waals surface area contributed by atoms with E-state index >= 15 is 0 Å². The largest absolute Gasteiger partial charge is 0.454 e. The van der Waals surface area contributed by atoms with Crippen LogP contribution in [0.25, 0.3) is 28.2 Å². The van der Waals surface area contributed by atoms with Gasteiger partial charge in [0, 0.05) is 35.4 Å². The molecular formula is C27H22F3N7O2. The number of nitrogens with one attached hydrogen (secondary N) is 1. The van der Waals surface area contributed by atoms with E-state index in [1.807, 2.05) is 31.2 Å². The molecule has 0 radical (unpaired) electrons. The third-order valence-electron chi connectivity index (χ3n) is 6.25. The van der Waals surface area contributed by atoms with Crippen molar-refractivity contribution in [2.24, 2.45) is 0 Å². The van der Waals surface area contributed by atoms with E-state index in [0.29, 0.717) is 24.4 Å². The Hall–Kier alpha value is -4.87. The molecule has 0 aliphatic heterocycles. The summed E-state index contributed by atoms with van der Waals surface area (Å²) in [6, 6.07) is 14.5. The Bertz CT molecular complexity index is 1670. The van der Waals surface area contributed by atoms with Crippen LogP contribution in [0.2, 0.25) is 0 Å². The first-order chi connectivity index (χ1) is 18.8. The normalized spacial score (nSPS) is 11.6. The highest BCUT2D eigenvalue weighted by atomic mass is 19.4. The summed E-state index contributed by atoms with van der Waals surface area (Å²) in [4.78, 5) is 29.7. The van der Waals surface area contributed by atoms with Gasteiger partial charge in [0.2, 0.25) is 5.82 Å². The number of para-hydroxylation sites is 1. The number of halogens is 3. The Balaban J connectivity index is 1.50. The zero-order valence-electron chi connectivity index (χ0n) is 20.7. The van der Waals surface area contributed by atoms with Gasteiger partial charge in [-0.2, -0.15) is 18.4 Å². The minimum absolute atomic E-state index is 0.109. The average Bonchev–Trinajstić information content (AvgIpc) is 3.58. The van der Waals surface area contributed by atoms with Gasteiger partial charge >= 0.3 is 11.9 Å². The summed E-state index contributed by atoms with van der Waals surface area (Å²) < 4.78 is 42.3. The number of carbonyl (C=O) groups is 1. The van der Waals surface area contributed by atoms with E-state index in [9.17, 15) is 22.8 Å². The van der Waals surface area contributed by atoms with Crippen LogP contribution in [0.4, 0.5) is 13.2 Å². The highest BCUT2D eigenvalue weighted by molar-refractivity contribution is 6.03. The summed E-state index contributed by atoms with van der Waals surface area (Å²) in [5, 5.41) is 14.1. The lowest BCUT2D eigenvalue weighted by Crippen LogP contribution is -2.28. The summed E-state index contributed by atoms with van der Waals surface area (Å²) >= 11 is 0. The number of alkyl halides is 3. The van der Waals surface area contributed by atoms with Crippen molar-refractivity contribution < 1.29 is 18.0 Å². The lowest BCUT2D eigenvalue weighted by molar-refractivity contribution is -0.0885. The van der Waals surface area contributed by atoms with E-state index in [1.54, 1.807) is 18.5 Å². The van der Waals surface area contributed by atoms with Gasteiger partial charge in [0.25, 0.3) is 5.78 Å². The molecule has 0 saturated carbocycles. The number of ketones is 1. The molecule has 2 aromatic carbocycles. The van der Waals surface area contributed by atoms with Crippen LogP contribution in [0, 0.1) is 0 Å². The molecule has 0 spiro atoms. The average molecular weight is 534 g/mol. The zero-order valence-corrected chi connectivity index (χ0v) is 20.7. The van der Waals surface area contributed by atoms with Crippen molar-refractivity contribution in [1.29, 1.82) is 0 Å². The second-order valence-electron chi connectivity index (χ2n) is 8.81. The van der Waals surface area contributed by atoms with Crippen molar-refractivity contribution in [2.45, 2.75) is 32.5 Å². The molecule has 3 aromatic heterocycles. The molecule has 5 rings (SSSR count). The van der Waals surface area contributed by atoms with Crippen molar-refractivity contribution in [3.8, 4) is 28.2 Å². The van der Waals surface area contributed by atoms with Gasteiger partial charge in [-0.3, -0.25) is 18.9 Å². The number of benzene rings is 2. The van der Waals surface area contributed by atoms with Gasteiger partial charge < -0.3 is 0 Å². The standard InChI is InChI=1S/C27H22F3N7O2/c1-2-5-19-16-37(23-7-4-3-6-21(23)24(38)27(28,29)30)26(39)36(19)15-17-8-10-18(11-9-17)22-14-31-13-12-20(22)25-32-34-35-33-25/h3-4,6-14,16H,2,5,15H2,1H3,(H,32,33,34,35). The number of Topliss-reactive ketones (excluding diaryl/α,β-unsaturated/α-hetero) is 1. The van der Waals surface area contributed by atoms with Crippen molar-refractivity contribution in [3.05, 3.63) is 100 Å². The first-order valence-electron chi connectivity index (χ1n) is 12.1. The number of nitrogens with zero attached hydrogens (tertiary/aromatic N) is 6. The second-order valence-corrected chi connectivity index (χ2v) is 8.81. The molecule has 12 heteroatoms. The Kier molecular flexibility index (Phi) is 6.92. The molecule has 0 aliphatic rings. The van der Waals surface area contributed by atoms with Gasteiger partial charge in [-0.15, -0.1) is 10.2 Å². The van der Waals surface area contributed by atoms with E-state index < -0.39 is 23.2 Å². The maximum atomic E-state index is 13.5. The van der Waals surface area contributed by atoms with Crippen molar-refractivity contribution in [3.63, 3.8) is 0 Å². The zero-order chi connectivity index (χ0) is 27.6. The molecule has 1 N–H and O–H groups in total. The van der Waals surface area contributed by atoms with Crippen LogP contribution in [-0.4, -0.2) is 46.7 Å². The molecule has 198 valence electrons. The molecule has 9 nitrogen and oxygen atoms in total. The van der Waals surface area contributed by atoms with Crippen LogP contribution in [0.1, 0.15) is 35.0 Å². The number of aromatic amines is 1. The number of hydrogen-bond donors (Lipinski definition) is 1. The topological polar surface area (TPSA) is 111 Å². The summed E-state index contributed by atoms with van der Waals surface area (Å²) in [6.45, 7) is 2.14. The minimum Gasteiger partial charge on any atom is -0.292 e. The molecule has 0 fully saturated rings. The monoisotopic (exact) mass is 533 g/mol. The van der Waals surface area contributed by atoms with Crippen LogP contribution in [-0.2, 0) is 13.0 Å². The minimum atomic E-state index is -5.06. The molecule has 0 amide bonds. The maximum absolute atomic E-state index is 13.5. The number of hydrogen-bond acceptors (Lipinski definition) is 6. The van der Waals surface area contributed by atoms with Gasteiger partial charge in [-0.05, 0) is 41.0 Å². The SMILES string of the molecule is CCCc1cn(-c2ccccc2C(=O)C(F)(F)F)c(=O)n1Cc1ccc(-c2cnccc2-c2nn[nH]n2)cc1. The quantitative estimate of drug-likeness (QED) is 0.291. The van der Waals surface area contributed by atoms with Crippen LogP contribution in [0.3, 0.4) is 0 Å². The third kappa shape index (κ3) is 5.13. The number of pyridine rings is 1. The molecular weight excluding hydrogens is 511 g/mol. The number of rotatable bonds is 8. The molecule has 0 aliphatic carbocycles. The fourth-order valence-electron chi connectivity index (χ4n) is 4.42. The van der Waals surface area contributed by atoms with Crippen molar-refractivity contribution in [2.75, 3.05) is 0 Å². The van der Waals surface area contributed by atoms with Gasteiger partial charge in [0.15, 0.2) is 0 Å². The van der Waals surface area contributed by atoms with E-state index in [1.165, 1.54) is 29.0 Å². The smallest absolute Gasteiger partial charge is 0.292 e. The Labute approximate surface area is 220 Å². The van der Waals surface area contributed by atoms with Crippen LogP contribution >= 0.6 is 0 Å². The van der Waals surface area contributed by atoms with Gasteiger partial charge in [0.05, 0.1) is 17.8 Å².